The highest BCUT2D eigenvalue weighted by Gasteiger charge is 2.38. The molecule has 2 aromatic rings. The number of ketones is 1. The van der Waals surface area contributed by atoms with Crippen LogP contribution in [0.1, 0.15) is 142 Å². The van der Waals surface area contributed by atoms with Crippen LogP contribution < -0.4 is 0 Å². The molecule has 2 N–H and O–H groups in total. The van der Waals surface area contributed by atoms with Crippen LogP contribution in [0.25, 0.3) is 0 Å². The van der Waals surface area contributed by atoms with Crippen LogP contribution in [0, 0.1) is 0 Å². The smallest absolute Gasteiger partial charge is 0.193 e. The van der Waals surface area contributed by atoms with Crippen molar-refractivity contribution < 1.29 is 15.0 Å². The Kier molecular flexibility index (Phi) is 7.36. The van der Waals surface area contributed by atoms with E-state index < -0.39 is 11.2 Å². The van der Waals surface area contributed by atoms with E-state index in [-0.39, 0.29) is 5.78 Å². The number of aliphatic hydroxyl groups is 2. The highest BCUT2D eigenvalue weighted by molar-refractivity contribution is 6.11. The number of carbonyl (C=O) groups is 1. The van der Waals surface area contributed by atoms with Crippen molar-refractivity contribution in [2.24, 2.45) is 0 Å². The minimum Gasteiger partial charge on any atom is -0.385 e. The van der Waals surface area contributed by atoms with Crippen LogP contribution in [0.3, 0.4) is 0 Å². The molecular formula is C31H42O3. The van der Waals surface area contributed by atoms with Gasteiger partial charge in [-0.05, 0) is 59.8 Å². The summed E-state index contributed by atoms with van der Waals surface area (Å²) in [5.74, 6) is 0.562. The molecule has 34 heavy (non-hydrogen) atoms. The van der Waals surface area contributed by atoms with Crippen LogP contribution >= 0.6 is 0 Å². The predicted molar refractivity (Wildman–Crippen MR) is 138 cm³/mol. The van der Waals surface area contributed by atoms with Gasteiger partial charge in [0.2, 0.25) is 0 Å². The lowest BCUT2D eigenvalue weighted by atomic mass is 9.73. The van der Waals surface area contributed by atoms with Crippen LogP contribution in [0.4, 0.5) is 0 Å². The van der Waals surface area contributed by atoms with E-state index in [0.717, 1.165) is 60.8 Å². The number of carbonyl (C=O) groups excluding carboxylic acids is 1. The van der Waals surface area contributed by atoms with E-state index in [1.54, 1.807) is 0 Å². The van der Waals surface area contributed by atoms with Gasteiger partial charge in [-0.1, -0.05) is 103 Å². The van der Waals surface area contributed by atoms with Crippen LogP contribution in [0.15, 0.2) is 36.4 Å². The van der Waals surface area contributed by atoms with E-state index in [1.807, 2.05) is 24.3 Å². The molecule has 0 atom stereocenters. The number of rotatable bonds is 6. The third-order valence-corrected chi connectivity index (χ3v) is 8.27. The molecule has 0 aromatic heterocycles. The molecule has 2 aliphatic carbocycles. The summed E-state index contributed by atoms with van der Waals surface area (Å²) in [6.45, 7) is 8.58. The molecule has 0 heterocycles. The Morgan fingerprint density at radius 2 is 1.00 bits per heavy atom. The zero-order chi connectivity index (χ0) is 24.5. The molecular weight excluding hydrogens is 420 g/mol. The maximum Gasteiger partial charge on any atom is 0.193 e. The van der Waals surface area contributed by atoms with Gasteiger partial charge in [0.25, 0.3) is 0 Å². The second-order valence-electron chi connectivity index (χ2n) is 11.4. The van der Waals surface area contributed by atoms with Crippen molar-refractivity contribution in [2.45, 2.75) is 115 Å². The zero-order valence-corrected chi connectivity index (χ0v) is 21.5. The minimum atomic E-state index is -0.964. The monoisotopic (exact) mass is 462 g/mol. The van der Waals surface area contributed by atoms with Gasteiger partial charge in [-0.15, -0.1) is 0 Å². The predicted octanol–water partition coefficient (Wildman–Crippen LogP) is 7.47. The summed E-state index contributed by atoms with van der Waals surface area (Å²) in [5, 5.41) is 23.4. The molecule has 3 heteroatoms. The first-order valence-electron chi connectivity index (χ1n) is 13.4. The van der Waals surface area contributed by atoms with Crippen molar-refractivity contribution in [3.8, 4) is 0 Å². The van der Waals surface area contributed by atoms with Gasteiger partial charge in [0.15, 0.2) is 5.78 Å². The Balaban J connectivity index is 1.86. The standard InChI is InChI=1S/C31H42O3/c1-21(2)23-11-13-25(27(19-23)30(33)15-7-5-8-16-30)29(32)26-14-12-24(22(3)4)20-28(26)31(34)17-9-6-10-18-31/h11-14,19-22,33-34H,5-10,15-18H2,1-4H3. The summed E-state index contributed by atoms with van der Waals surface area (Å²) in [5.41, 5.74) is 3.09. The lowest BCUT2D eigenvalue weighted by Crippen LogP contribution is -2.33. The minimum absolute atomic E-state index is 0.0754. The van der Waals surface area contributed by atoms with Crippen LogP contribution in [-0.4, -0.2) is 16.0 Å². The molecule has 0 radical (unpaired) electrons. The SMILES string of the molecule is CC(C)c1ccc(C(=O)c2ccc(C(C)C)cc2C2(O)CCCCC2)c(C2(O)CCCCC2)c1. The van der Waals surface area contributed by atoms with E-state index in [0.29, 0.717) is 48.6 Å². The summed E-state index contributed by atoms with van der Waals surface area (Å²) in [6.07, 6.45) is 8.93. The Hall–Kier alpha value is -1.97. The quantitative estimate of drug-likeness (QED) is 0.438. The van der Waals surface area contributed by atoms with E-state index >= 15 is 0 Å². The molecule has 0 spiro atoms. The molecule has 0 unspecified atom stereocenters. The first-order valence-corrected chi connectivity index (χ1v) is 13.4. The van der Waals surface area contributed by atoms with Crippen molar-refractivity contribution in [1.82, 2.24) is 0 Å². The summed E-state index contributed by atoms with van der Waals surface area (Å²) < 4.78 is 0. The van der Waals surface area contributed by atoms with Gasteiger partial charge in [-0.3, -0.25) is 4.79 Å². The van der Waals surface area contributed by atoms with E-state index in [2.05, 4.69) is 39.8 Å². The fourth-order valence-electron chi connectivity index (χ4n) is 5.97. The largest absolute Gasteiger partial charge is 0.385 e. The van der Waals surface area contributed by atoms with Gasteiger partial charge < -0.3 is 10.2 Å². The van der Waals surface area contributed by atoms with Gasteiger partial charge in [-0.25, -0.2) is 0 Å². The second kappa shape index (κ2) is 9.95. The second-order valence-corrected chi connectivity index (χ2v) is 11.4. The Morgan fingerprint density at radius 3 is 1.32 bits per heavy atom. The molecule has 0 amide bonds. The average Bonchev–Trinajstić information content (AvgIpc) is 2.83. The molecule has 3 nitrogen and oxygen atoms in total. The number of hydrogen-bond acceptors (Lipinski definition) is 3. The lowest BCUT2D eigenvalue weighted by molar-refractivity contribution is -0.00195. The van der Waals surface area contributed by atoms with Gasteiger partial charge in [0.05, 0.1) is 11.2 Å². The Morgan fingerprint density at radius 1 is 0.647 bits per heavy atom. The molecule has 0 saturated heterocycles. The maximum absolute atomic E-state index is 14.2. The Labute approximate surface area is 205 Å². The normalized spacial score (nSPS) is 20.0. The molecule has 2 aliphatic rings. The molecule has 0 aliphatic heterocycles. The Bertz CT molecular complexity index is 939. The molecule has 4 rings (SSSR count). The van der Waals surface area contributed by atoms with Crippen molar-refractivity contribution in [3.63, 3.8) is 0 Å². The van der Waals surface area contributed by atoms with Gasteiger partial charge in [0.1, 0.15) is 0 Å². The lowest BCUT2D eigenvalue weighted by Gasteiger charge is -2.36. The highest BCUT2D eigenvalue weighted by atomic mass is 16.3. The first-order chi connectivity index (χ1) is 16.1. The van der Waals surface area contributed by atoms with Crippen LogP contribution in [0.5, 0.6) is 0 Å². The van der Waals surface area contributed by atoms with Crippen molar-refractivity contribution in [1.29, 1.82) is 0 Å². The number of hydrogen-bond donors (Lipinski definition) is 2. The topological polar surface area (TPSA) is 57.5 Å². The maximum atomic E-state index is 14.2. The number of benzene rings is 2. The van der Waals surface area contributed by atoms with Crippen molar-refractivity contribution in [3.05, 3.63) is 69.8 Å². The van der Waals surface area contributed by atoms with Crippen LogP contribution in [-0.2, 0) is 11.2 Å². The summed E-state index contributed by atoms with van der Waals surface area (Å²) in [6, 6.07) is 12.0. The molecule has 0 bridgehead atoms. The summed E-state index contributed by atoms with van der Waals surface area (Å²) >= 11 is 0. The van der Waals surface area contributed by atoms with Gasteiger partial charge >= 0.3 is 0 Å². The molecule has 184 valence electrons. The van der Waals surface area contributed by atoms with E-state index in [4.69, 9.17) is 0 Å². The third kappa shape index (κ3) is 4.88. The average molecular weight is 463 g/mol. The van der Waals surface area contributed by atoms with Crippen molar-refractivity contribution >= 4 is 5.78 Å². The third-order valence-electron chi connectivity index (χ3n) is 8.27. The molecule has 2 saturated carbocycles. The fraction of sp³-hybridized carbons (Fsp3) is 0.581. The highest BCUT2D eigenvalue weighted by Crippen LogP contribution is 2.43. The van der Waals surface area contributed by atoms with Crippen LogP contribution in [0.2, 0.25) is 0 Å². The van der Waals surface area contributed by atoms with Crippen molar-refractivity contribution in [2.75, 3.05) is 0 Å². The van der Waals surface area contributed by atoms with Gasteiger partial charge in [-0.2, -0.15) is 0 Å². The fourth-order valence-corrected chi connectivity index (χ4v) is 5.97. The van der Waals surface area contributed by atoms with Gasteiger partial charge in [0, 0.05) is 11.1 Å². The molecule has 2 aromatic carbocycles. The molecule has 2 fully saturated rings. The summed E-state index contributed by atoms with van der Waals surface area (Å²) in [7, 11) is 0. The summed E-state index contributed by atoms with van der Waals surface area (Å²) in [4.78, 5) is 14.2. The van der Waals surface area contributed by atoms with E-state index in [1.165, 1.54) is 0 Å². The van der Waals surface area contributed by atoms with E-state index in [9.17, 15) is 15.0 Å². The first kappa shape index (κ1) is 25.1. The zero-order valence-electron chi connectivity index (χ0n) is 21.5.